The molecule has 4 nitrogen and oxygen atoms in total. The number of pyridine rings is 1. The average molecular weight is 270 g/mol. The summed E-state index contributed by atoms with van der Waals surface area (Å²) >= 11 is 0. The Kier molecular flexibility index (Phi) is 4.71. The van der Waals surface area contributed by atoms with Crippen molar-refractivity contribution in [1.29, 1.82) is 0 Å². The molecule has 0 aliphatic carbocycles. The van der Waals surface area contributed by atoms with Crippen molar-refractivity contribution < 1.29 is 9.53 Å². The third-order valence-electron chi connectivity index (χ3n) is 2.94. The highest BCUT2D eigenvalue weighted by Crippen LogP contribution is 2.20. The summed E-state index contributed by atoms with van der Waals surface area (Å²) in [6.07, 6.45) is 1.98. The van der Waals surface area contributed by atoms with Crippen molar-refractivity contribution in [2.75, 3.05) is 11.9 Å². The molecule has 0 unspecified atom stereocenters. The van der Waals surface area contributed by atoms with E-state index in [1.165, 1.54) is 0 Å². The molecule has 0 fully saturated rings. The normalized spacial score (nSPS) is 10.1. The van der Waals surface area contributed by atoms with Gasteiger partial charge in [-0.2, -0.15) is 0 Å². The Morgan fingerprint density at radius 3 is 2.80 bits per heavy atom. The van der Waals surface area contributed by atoms with E-state index in [2.05, 4.69) is 10.3 Å². The van der Waals surface area contributed by atoms with Crippen LogP contribution in [0.25, 0.3) is 0 Å². The monoisotopic (exact) mass is 270 g/mol. The second kappa shape index (κ2) is 6.70. The van der Waals surface area contributed by atoms with Gasteiger partial charge in [-0.05, 0) is 37.1 Å². The molecular formula is C16H18N2O2. The highest BCUT2D eigenvalue weighted by molar-refractivity contribution is 5.93. The number of benzene rings is 1. The Bertz CT molecular complexity index is 597. The number of hydrogen-bond donors (Lipinski definition) is 1. The number of carbonyl (C=O) groups excluding carboxylic acids is 1. The van der Waals surface area contributed by atoms with Gasteiger partial charge in [0.05, 0.1) is 13.0 Å². The maximum atomic E-state index is 12.1. The summed E-state index contributed by atoms with van der Waals surface area (Å²) in [6, 6.07) is 11.4. The number of nitrogens with one attached hydrogen (secondary N) is 1. The summed E-state index contributed by atoms with van der Waals surface area (Å²) in [5.74, 6) is 0.376. The molecule has 1 N–H and O–H groups in total. The van der Waals surface area contributed by atoms with Crippen molar-refractivity contribution >= 4 is 11.6 Å². The van der Waals surface area contributed by atoms with Crippen LogP contribution < -0.4 is 10.1 Å². The van der Waals surface area contributed by atoms with Crippen LogP contribution in [0.5, 0.6) is 5.88 Å². The van der Waals surface area contributed by atoms with Crippen LogP contribution in [0.15, 0.2) is 42.6 Å². The zero-order chi connectivity index (χ0) is 14.4. The Balaban J connectivity index is 2.07. The smallest absolute Gasteiger partial charge is 0.237 e. The first-order valence-corrected chi connectivity index (χ1v) is 6.63. The van der Waals surface area contributed by atoms with Crippen molar-refractivity contribution in [3.05, 3.63) is 53.7 Å². The predicted molar refractivity (Wildman–Crippen MR) is 78.9 cm³/mol. The van der Waals surface area contributed by atoms with E-state index >= 15 is 0 Å². The van der Waals surface area contributed by atoms with Crippen LogP contribution in [-0.2, 0) is 11.2 Å². The fourth-order valence-corrected chi connectivity index (χ4v) is 1.91. The molecule has 1 amide bonds. The molecule has 4 heteroatoms. The van der Waals surface area contributed by atoms with Crippen LogP contribution in [0.3, 0.4) is 0 Å². The minimum Gasteiger partial charge on any atom is -0.476 e. The molecule has 0 bridgehead atoms. The summed E-state index contributed by atoms with van der Waals surface area (Å²) in [5, 5.41) is 2.84. The molecule has 0 aliphatic heterocycles. The van der Waals surface area contributed by atoms with Gasteiger partial charge in [0.15, 0.2) is 0 Å². The Hall–Kier alpha value is -2.36. The van der Waals surface area contributed by atoms with Crippen LogP contribution >= 0.6 is 0 Å². The first-order chi connectivity index (χ1) is 9.70. The lowest BCUT2D eigenvalue weighted by atomic mass is 10.1. The predicted octanol–water partition coefficient (Wildman–Crippen LogP) is 2.97. The van der Waals surface area contributed by atoms with Gasteiger partial charge >= 0.3 is 0 Å². The first-order valence-electron chi connectivity index (χ1n) is 6.63. The quantitative estimate of drug-likeness (QED) is 0.908. The standard InChI is InChI=1S/C16H18N2O2/c1-3-20-16-14(9-6-10-17-16)18-15(19)11-13-8-5-4-7-12(13)2/h4-10H,3,11H2,1-2H3,(H,18,19). The third kappa shape index (κ3) is 3.57. The lowest BCUT2D eigenvalue weighted by molar-refractivity contribution is -0.115. The molecule has 2 aromatic rings. The van der Waals surface area contributed by atoms with Gasteiger partial charge < -0.3 is 10.1 Å². The number of anilines is 1. The number of amides is 1. The Labute approximate surface area is 118 Å². The number of ether oxygens (including phenoxy) is 1. The highest BCUT2D eigenvalue weighted by atomic mass is 16.5. The van der Waals surface area contributed by atoms with Gasteiger partial charge in [-0.25, -0.2) is 4.98 Å². The number of aryl methyl sites for hydroxylation is 1. The van der Waals surface area contributed by atoms with Crippen molar-refractivity contribution in [2.45, 2.75) is 20.3 Å². The molecule has 0 atom stereocenters. The molecule has 0 spiro atoms. The van der Waals surface area contributed by atoms with Gasteiger partial charge in [0.2, 0.25) is 11.8 Å². The average Bonchev–Trinajstić information content (AvgIpc) is 2.44. The van der Waals surface area contributed by atoms with E-state index in [1.807, 2.05) is 38.1 Å². The lowest BCUT2D eigenvalue weighted by Gasteiger charge is -2.10. The number of hydrogen-bond acceptors (Lipinski definition) is 3. The SMILES string of the molecule is CCOc1ncccc1NC(=O)Cc1ccccc1C. The van der Waals surface area contributed by atoms with E-state index in [0.717, 1.165) is 11.1 Å². The molecule has 1 heterocycles. The first kappa shape index (κ1) is 14.1. The number of rotatable bonds is 5. The lowest BCUT2D eigenvalue weighted by Crippen LogP contribution is -2.16. The van der Waals surface area contributed by atoms with Crippen molar-refractivity contribution in [3.8, 4) is 5.88 Å². The molecule has 1 aromatic heterocycles. The zero-order valence-electron chi connectivity index (χ0n) is 11.7. The highest BCUT2D eigenvalue weighted by Gasteiger charge is 2.10. The maximum Gasteiger partial charge on any atom is 0.237 e. The Morgan fingerprint density at radius 1 is 1.25 bits per heavy atom. The third-order valence-corrected chi connectivity index (χ3v) is 2.94. The van der Waals surface area contributed by atoms with Crippen LogP contribution in [0.2, 0.25) is 0 Å². The summed E-state index contributed by atoms with van der Waals surface area (Å²) in [4.78, 5) is 16.2. The molecule has 0 saturated heterocycles. The topological polar surface area (TPSA) is 51.2 Å². The summed E-state index contributed by atoms with van der Waals surface area (Å²) in [5.41, 5.74) is 2.73. The van der Waals surface area contributed by atoms with Crippen molar-refractivity contribution in [2.24, 2.45) is 0 Å². The number of aromatic nitrogens is 1. The zero-order valence-corrected chi connectivity index (χ0v) is 11.7. The van der Waals surface area contributed by atoms with E-state index in [-0.39, 0.29) is 5.91 Å². The molecule has 20 heavy (non-hydrogen) atoms. The Morgan fingerprint density at radius 2 is 2.05 bits per heavy atom. The molecule has 0 saturated carbocycles. The minimum atomic E-state index is -0.0757. The van der Waals surface area contributed by atoms with E-state index in [4.69, 9.17) is 4.74 Å². The second-order valence-electron chi connectivity index (χ2n) is 4.44. The molecule has 0 radical (unpaired) electrons. The summed E-state index contributed by atoms with van der Waals surface area (Å²) in [6.45, 7) is 4.39. The van der Waals surface area contributed by atoms with Crippen molar-refractivity contribution in [3.63, 3.8) is 0 Å². The van der Waals surface area contributed by atoms with Gasteiger partial charge in [0.25, 0.3) is 0 Å². The van der Waals surface area contributed by atoms with Crippen LogP contribution in [0, 0.1) is 6.92 Å². The van der Waals surface area contributed by atoms with Gasteiger partial charge in [-0.3, -0.25) is 4.79 Å². The van der Waals surface area contributed by atoms with Crippen LogP contribution in [-0.4, -0.2) is 17.5 Å². The molecule has 104 valence electrons. The minimum absolute atomic E-state index is 0.0757. The second-order valence-corrected chi connectivity index (χ2v) is 4.44. The summed E-state index contributed by atoms with van der Waals surface area (Å²) in [7, 11) is 0. The number of nitrogens with zero attached hydrogens (tertiary/aromatic N) is 1. The number of carbonyl (C=O) groups is 1. The molecule has 0 aliphatic rings. The summed E-state index contributed by atoms with van der Waals surface area (Å²) < 4.78 is 5.39. The van der Waals surface area contributed by atoms with Crippen LogP contribution in [0.4, 0.5) is 5.69 Å². The van der Waals surface area contributed by atoms with E-state index in [9.17, 15) is 4.79 Å². The van der Waals surface area contributed by atoms with E-state index < -0.39 is 0 Å². The molecular weight excluding hydrogens is 252 g/mol. The van der Waals surface area contributed by atoms with Gasteiger partial charge in [0, 0.05) is 6.20 Å². The fraction of sp³-hybridized carbons (Fsp3) is 0.250. The van der Waals surface area contributed by atoms with Crippen LogP contribution in [0.1, 0.15) is 18.1 Å². The molecule has 2 rings (SSSR count). The van der Waals surface area contributed by atoms with Gasteiger partial charge in [0.1, 0.15) is 5.69 Å². The molecule has 1 aromatic carbocycles. The van der Waals surface area contributed by atoms with Gasteiger partial charge in [-0.1, -0.05) is 24.3 Å². The van der Waals surface area contributed by atoms with Gasteiger partial charge in [-0.15, -0.1) is 0 Å². The van der Waals surface area contributed by atoms with E-state index in [1.54, 1.807) is 18.3 Å². The maximum absolute atomic E-state index is 12.1. The van der Waals surface area contributed by atoms with E-state index in [0.29, 0.717) is 24.6 Å². The van der Waals surface area contributed by atoms with Crippen molar-refractivity contribution in [1.82, 2.24) is 4.98 Å². The largest absolute Gasteiger partial charge is 0.476 e. The fourth-order valence-electron chi connectivity index (χ4n) is 1.91.